The highest BCUT2D eigenvalue weighted by molar-refractivity contribution is 5.95. The van der Waals surface area contributed by atoms with Crippen molar-refractivity contribution in [3.05, 3.63) is 79.9 Å². The number of esters is 1. The normalized spacial score (nSPS) is 23.6. The summed E-state index contributed by atoms with van der Waals surface area (Å²) in [5.74, 6) is -1.54. The third-order valence-corrected chi connectivity index (χ3v) is 8.87. The van der Waals surface area contributed by atoms with Crippen molar-refractivity contribution >= 4 is 28.7 Å². The van der Waals surface area contributed by atoms with Gasteiger partial charge in [0.2, 0.25) is 17.7 Å². The third kappa shape index (κ3) is 6.92. The molecule has 0 radical (unpaired) electrons. The van der Waals surface area contributed by atoms with E-state index in [1.807, 2.05) is 60.7 Å². The molecule has 2 saturated carbocycles. The van der Waals surface area contributed by atoms with E-state index < -0.39 is 29.4 Å². The fraction of sp³-hybridized carbons (Fsp3) is 0.417. The Kier molecular flexibility index (Phi) is 9.96. The summed E-state index contributed by atoms with van der Waals surface area (Å²) in [6.45, 7) is 10.1. The van der Waals surface area contributed by atoms with Gasteiger partial charge in [0.25, 0.3) is 0 Å². The molecule has 2 aliphatic rings. The lowest BCUT2D eigenvalue weighted by atomic mass is 9.93. The minimum absolute atomic E-state index is 0.112. The van der Waals surface area contributed by atoms with Crippen molar-refractivity contribution in [1.29, 1.82) is 0 Å². The summed E-state index contributed by atoms with van der Waals surface area (Å²) in [6, 6.07) is 17.3. The van der Waals surface area contributed by atoms with E-state index in [0.717, 1.165) is 35.7 Å². The van der Waals surface area contributed by atoms with Gasteiger partial charge in [-0.3, -0.25) is 9.59 Å². The fourth-order valence-electron chi connectivity index (χ4n) is 6.27. The Bertz CT molecular complexity index is 1560. The molecule has 2 fully saturated rings. The summed E-state index contributed by atoms with van der Waals surface area (Å²) in [7, 11) is 1.78. The molecule has 45 heavy (non-hydrogen) atoms. The molecular weight excluding hydrogens is 568 g/mol. The minimum atomic E-state index is -1.15. The van der Waals surface area contributed by atoms with Crippen LogP contribution in [0.4, 0.5) is 0 Å². The summed E-state index contributed by atoms with van der Waals surface area (Å²) >= 11 is 0. The summed E-state index contributed by atoms with van der Waals surface area (Å²) in [4.78, 5) is 52.0. The molecule has 3 aromatic rings. The number of ether oxygens (including phenoxy) is 2. The van der Waals surface area contributed by atoms with E-state index in [1.165, 1.54) is 0 Å². The smallest absolute Gasteiger partial charge is 0.332 e. The quantitative estimate of drug-likeness (QED) is 0.146. The number of benzene rings is 2. The van der Waals surface area contributed by atoms with E-state index >= 15 is 0 Å². The molecule has 1 N–H and O–H groups in total. The average Bonchev–Trinajstić information content (AvgIpc) is 3.62. The van der Waals surface area contributed by atoms with Gasteiger partial charge in [-0.05, 0) is 57.6 Å². The average molecular weight is 611 g/mol. The van der Waals surface area contributed by atoms with Crippen molar-refractivity contribution in [2.75, 3.05) is 20.2 Å². The maximum Gasteiger partial charge on any atom is 0.332 e. The number of carbonyl (C=O) groups is 3. The van der Waals surface area contributed by atoms with Crippen molar-refractivity contribution in [3.8, 4) is 17.3 Å². The van der Waals surface area contributed by atoms with Crippen LogP contribution in [0, 0.1) is 17.8 Å². The number of nitrogens with zero attached hydrogens (tertiary/aromatic N) is 3. The molecule has 236 valence electrons. The van der Waals surface area contributed by atoms with E-state index in [9.17, 15) is 14.4 Å². The second kappa shape index (κ2) is 14.1. The lowest BCUT2D eigenvalue weighted by molar-refractivity contribution is -0.150. The van der Waals surface area contributed by atoms with Crippen molar-refractivity contribution < 1.29 is 23.9 Å². The molecule has 9 heteroatoms. The monoisotopic (exact) mass is 610 g/mol. The van der Waals surface area contributed by atoms with Gasteiger partial charge in [-0.1, -0.05) is 54.6 Å². The largest absolute Gasteiger partial charge is 0.474 e. The van der Waals surface area contributed by atoms with Crippen molar-refractivity contribution in [2.45, 2.75) is 57.1 Å². The molecule has 1 aromatic heterocycles. The Balaban J connectivity index is 1.41. The maximum atomic E-state index is 13.9. The highest BCUT2D eigenvalue weighted by Gasteiger charge is 2.62. The Morgan fingerprint density at radius 3 is 2.47 bits per heavy atom. The Hall–Kier alpha value is -4.53. The molecule has 2 aliphatic carbocycles. The van der Waals surface area contributed by atoms with Gasteiger partial charge >= 0.3 is 5.97 Å². The number of hydrogen-bond acceptors (Lipinski definition) is 7. The lowest BCUT2D eigenvalue weighted by Gasteiger charge is -2.26. The molecule has 5 atom stereocenters. The zero-order valence-corrected chi connectivity index (χ0v) is 26.1. The van der Waals surface area contributed by atoms with E-state index in [4.69, 9.17) is 19.4 Å². The number of rotatable bonds is 14. The van der Waals surface area contributed by atoms with E-state index in [0.29, 0.717) is 37.5 Å². The number of aromatic nitrogens is 2. The molecule has 0 bridgehead atoms. The summed E-state index contributed by atoms with van der Waals surface area (Å²) in [6.07, 6.45) is 6.77. The molecule has 0 unspecified atom stereocenters. The molecule has 0 spiro atoms. The molecule has 9 nitrogen and oxygen atoms in total. The maximum absolute atomic E-state index is 13.9. The van der Waals surface area contributed by atoms with Crippen LogP contribution >= 0.6 is 0 Å². The van der Waals surface area contributed by atoms with Crippen molar-refractivity contribution in [3.63, 3.8) is 0 Å². The predicted molar refractivity (Wildman–Crippen MR) is 173 cm³/mol. The molecule has 0 saturated heterocycles. The van der Waals surface area contributed by atoms with Crippen molar-refractivity contribution in [1.82, 2.24) is 20.2 Å². The second-order valence-corrected chi connectivity index (χ2v) is 11.9. The van der Waals surface area contributed by atoms with Crippen LogP contribution in [0.15, 0.2) is 79.9 Å². The van der Waals surface area contributed by atoms with Gasteiger partial charge in [-0.2, -0.15) is 4.98 Å². The Morgan fingerprint density at radius 2 is 1.76 bits per heavy atom. The topological polar surface area (TPSA) is 111 Å². The van der Waals surface area contributed by atoms with E-state index in [2.05, 4.69) is 18.5 Å². The van der Waals surface area contributed by atoms with Gasteiger partial charge in [-0.15, -0.1) is 13.2 Å². The highest BCUT2D eigenvalue weighted by Crippen LogP contribution is 2.46. The number of amides is 2. The summed E-state index contributed by atoms with van der Waals surface area (Å²) in [5.41, 5.74) is 0.445. The Labute approximate surface area is 264 Å². The van der Waals surface area contributed by atoms with Crippen LogP contribution in [0.5, 0.6) is 5.88 Å². The molecular formula is C36H42N4O5. The predicted octanol–water partition coefficient (Wildman–Crippen LogP) is 5.51. The molecule has 2 amide bonds. The van der Waals surface area contributed by atoms with Gasteiger partial charge < -0.3 is 19.7 Å². The van der Waals surface area contributed by atoms with Crippen LogP contribution in [0.2, 0.25) is 0 Å². The zero-order valence-electron chi connectivity index (χ0n) is 26.1. The number of allylic oxidation sites excluding steroid dienone is 1. The standard InChI is InChI=1S/C36H42N4O5/c1-5-8-9-15-20-40(4)34(42)29-22-26(21-28(29)32(41)39-36(23-25(36)6-2)35(43)44-7-3)45-33-27-18-13-14-19-30(27)37-31(38-33)24-16-11-10-12-17-24/h5-6,10-14,16-19,25-26,28-29H,1-2,7-9,15,20-23H2,3-4H3,(H,39,41)/t25-,26-,28-,29-,36-/m1/s1. The minimum Gasteiger partial charge on any atom is -0.474 e. The first kappa shape index (κ1) is 31.9. The molecule has 1 heterocycles. The van der Waals surface area contributed by atoms with Gasteiger partial charge in [-0.25, -0.2) is 9.78 Å². The van der Waals surface area contributed by atoms with Crippen LogP contribution in [0.25, 0.3) is 22.3 Å². The SMILES string of the molecule is C=CCCCCN(C)C(=O)[C@@H]1C[C@H](Oc2nc(-c3ccccc3)nc3ccccc23)C[C@H]1C(=O)N[C@]1(C(=O)OCC)C[C@H]1C=C. The van der Waals surface area contributed by atoms with Gasteiger partial charge in [0.1, 0.15) is 11.6 Å². The van der Waals surface area contributed by atoms with E-state index in [-0.39, 0.29) is 24.3 Å². The number of hydrogen-bond donors (Lipinski definition) is 1. The van der Waals surface area contributed by atoms with E-state index in [1.54, 1.807) is 24.9 Å². The van der Waals surface area contributed by atoms with Crippen LogP contribution < -0.4 is 10.1 Å². The van der Waals surface area contributed by atoms with Crippen LogP contribution in [-0.4, -0.2) is 64.5 Å². The number of fused-ring (bicyclic) bond motifs is 1. The summed E-state index contributed by atoms with van der Waals surface area (Å²) in [5, 5.41) is 3.73. The lowest BCUT2D eigenvalue weighted by Crippen LogP contribution is -2.50. The van der Waals surface area contributed by atoms with Gasteiger partial charge in [0, 0.05) is 25.1 Å². The first-order valence-electron chi connectivity index (χ1n) is 15.8. The first-order valence-corrected chi connectivity index (χ1v) is 15.8. The number of para-hydroxylation sites is 1. The zero-order chi connectivity index (χ0) is 32.0. The summed E-state index contributed by atoms with van der Waals surface area (Å²) < 4.78 is 11.9. The van der Waals surface area contributed by atoms with Crippen molar-refractivity contribution in [2.24, 2.45) is 17.8 Å². The highest BCUT2D eigenvalue weighted by atomic mass is 16.5. The van der Waals surface area contributed by atoms with Crippen LogP contribution in [0.1, 0.15) is 45.4 Å². The first-order chi connectivity index (χ1) is 21.8. The third-order valence-electron chi connectivity index (χ3n) is 8.87. The second-order valence-electron chi connectivity index (χ2n) is 11.9. The number of carbonyl (C=O) groups excluding carboxylic acids is 3. The van der Waals surface area contributed by atoms with Gasteiger partial charge in [0.15, 0.2) is 5.82 Å². The van der Waals surface area contributed by atoms with Gasteiger partial charge in [0.05, 0.1) is 29.3 Å². The number of unbranched alkanes of at least 4 members (excludes halogenated alkanes) is 2. The van der Waals surface area contributed by atoms with Crippen LogP contribution in [0.3, 0.4) is 0 Å². The van der Waals surface area contributed by atoms with Crippen LogP contribution in [-0.2, 0) is 19.1 Å². The number of nitrogens with one attached hydrogen (secondary N) is 1. The molecule has 5 rings (SSSR count). The molecule has 2 aromatic carbocycles. The molecule has 0 aliphatic heterocycles. The Morgan fingerprint density at radius 1 is 1.02 bits per heavy atom. The fourth-order valence-corrected chi connectivity index (χ4v) is 6.27.